The first-order valence-electron chi connectivity index (χ1n) is 4.45. The van der Waals surface area contributed by atoms with Gasteiger partial charge in [0.1, 0.15) is 0 Å². The van der Waals surface area contributed by atoms with Crippen molar-refractivity contribution in [1.29, 1.82) is 0 Å². The molecule has 3 fully saturated rings. The molecule has 4 unspecified atom stereocenters. The maximum Gasteiger partial charge on any atom is 0.0192 e. The summed E-state index contributed by atoms with van der Waals surface area (Å²) in [4.78, 5) is 0. The van der Waals surface area contributed by atoms with E-state index in [-0.39, 0.29) is 0 Å². The Balaban J connectivity index is 2.00. The Bertz CT molecular complexity index is 197. The summed E-state index contributed by atoms with van der Waals surface area (Å²) in [6.45, 7) is 6.16. The van der Waals surface area contributed by atoms with E-state index in [0.29, 0.717) is 0 Å². The van der Waals surface area contributed by atoms with E-state index in [1.54, 1.807) is 0 Å². The number of hydrogen-bond acceptors (Lipinski definition) is 1. The van der Waals surface area contributed by atoms with E-state index in [2.05, 4.69) is 19.2 Å². The van der Waals surface area contributed by atoms with Crippen molar-refractivity contribution in [1.82, 2.24) is 5.32 Å². The zero-order chi connectivity index (χ0) is 6.98. The Labute approximate surface area is 62.2 Å². The minimum absolute atomic E-state index is 0.727. The molecule has 1 nitrogen and oxygen atoms in total. The van der Waals surface area contributed by atoms with E-state index < -0.39 is 0 Å². The van der Waals surface area contributed by atoms with E-state index in [4.69, 9.17) is 0 Å². The summed E-state index contributed by atoms with van der Waals surface area (Å²) in [5, 5.41) is 3.62. The first-order chi connectivity index (χ1) is 4.72. The molecule has 0 bridgehead atoms. The molecule has 1 heteroatoms. The molecule has 0 aromatic rings. The predicted molar refractivity (Wildman–Crippen MR) is 40.7 cm³/mol. The van der Waals surface area contributed by atoms with Crippen LogP contribution >= 0.6 is 0 Å². The highest BCUT2D eigenvalue weighted by Crippen LogP contribution is 2.82. The van der Waals surface area contributed by atoms with Gasteiger partial charge in [-0.15, -0.1) is 0 Å². The van der Waals surface area contributed by atoms with Crippen molar-refractivity contribution in [2.24, 2.45) is 16.7 Å². The SMILES string of the molecule is CC1CC23CCNC2C13C. The smallest absolute Gasteiger partial charge is 0.0192 e. The van der Waals surface area contributed by atoms with Gasteiger partial charge in [-0.3, -0.25) is 0 Å². The highest BCUT2D eigenvalue weighted by molar-refractivity contribution is 5.35. The van der Waals surface area contributed by atoms with Gasteiger partial charge in [-0.1, -0.05) is 13.8 Å². The molecule has 0 amide bonds. The van der Waals surface area contributed by atoms with Crippen molar-refractivity contribution >= 4 is 0 Å². The molecule has 2 saturated carbocycles. The lowest BCUT2D eigenvalue weighted by molar-refractivity contribution is 0.0943. The summed E-state index contributed by atoms with van der Waals surface area (Å²) in [5.74, 6) is 0.991. The van der Waals surface area contributed by atoms with Gasteiger partial charge in [-0.05, 0) is 36.1 Å². The third kappa shape index (κ3) is 0.282. The monoisotopic (exact) mass is 137 g/mol. The molecular weight excluding hydrogens is 122 g/mol. The molecule has 2 aliphatic carbocycles. The van der Waals surface area contributed by atoms with E-state index in [0.717, 1.165) is 22.8 Å². The molecule has 10 heavy (non-hydrogen) atoms. The van der Waals surface area contributed by atoms with Gasteiger partial charge in [0.05, 0.1) is 0 Å². The van der Waals surface area contributed by atoms with Gasteiger partial charge >= 0.3 is 0 Å². The Hall–Kier alpha value is -0.0400. The molecule has 0 radical (unpaired) electrons. The Morgan fingerprint density at radius 2 is 2.30 bits per heavy atom. The molecule has 1 heterocycles. The molecule has 1 aliphatic heterocycles. The van der Waals surface area contributed by atoms with Crippen molar-refractivity contribution in [2.75, 3.05) is 6.54 Å². The van der Waals surface area contributed by atoms with Crippen molar-refractivity contribution in [3.8, 4) is 0 Å². The van der Waals surface area contributed by atoms with Crippen LogP contribution in [0.2, 0.25) is 0 Å². The van der Waals surface area contributed by atoms with Gasteiger partial charge in [0.25, 0.3) is 0 Å². The molecule has 3 aliphatic rings. The van der Waals surface area contributed by atoms with Crippen molar-refractivity contribution in [3.05, 3.63) is 0 Å². The number of piperidine rings is 1. The Morgan fingerprint density at radius 1 is 1.50 bits per heavy atom. The molecule has 56 valence electrons. The lowest BCUT2D eigenvalue weighted by Crippen LogP contribution is -2.35. The van der Waals surface area contributed by atoms with Crippen LogP contribution in [0.5, 0.6) is 0 Å². The zero-order valence-electron chi connectivity index (χ0n) is 6.78. The maximum atomic E-state index is 3.62. The number of nitrogens with one attached hydrogen (secondary N) is 1. The van der Waals surface area contributed by atoms with Crippen molar-refractivity contribution in [3.63, 3.8) is 0 Å². The standard InChI is InChI=1S/C9H15N/c1-6-5-9-3-4-10-7(9)8(6,9)2/h6-7,10H,3-5H2,1-2H3. The molecule has 1 spiro atoms. The summed E-state index contributed by atoms with van der Waals surface area (Å²) in [5.41, 5.74) is 1.53. The van der Waals surface area contributed by atoms with Crippen LogP contribution in [-0.4, -0.2) is 12.6 Å². The van der Waals surface area contributed by atoms with Crippen LogP contribution in [0, 0.1) is 16.7 Å². The van der Waals surface area contributed by atoms with Crippen molar-refractivity contribution in [2.45, 2.75) is 32.7 Å². The van der Waals surface area contributed by atoms with E-state index in [9.17, 15) is 0 Å². The fourth-order valence-corrected chi connectivity index (χ4v) is 3.90. The molecular formula is C9H15N. The van der Waals surface area contributed by atoms with Gasteiger partial charge in [0.2, 0.25) is 0 Å². The largest absolute Gasteiger partial charge is 0.313 e. The fraction of sp³-hybridized carbons (Fsp3) is 1.00. The van der Waals surface area contributed by atoms with Crippen LogP contribution in [0.3, 0.4) is 0 Å². The number of rotatable bonds is 0. The molecule has 0 aromatic heterocycles. The maximum absolute atomic E-state index is 3.62. The second-order valence-electron chi connectivity index (χ2n) is 4.68. The molecule has 4 atom stereocenters. The topological polar surface area (TPSA) is 12.0 Å². The van der Waals surface area contributed by atoms with Crippen LogP contribution in [0.1, 0.15) is 26.7 Å². The van der Waals surface area contributed by atoms with Gasteiger partial charge in [0.15, 0.2) is 0 Å². The summed E-state index contributed by atoms with van der Waals surface area (Å²) in [6.07, 6.45) is 2.96. The Kier molecular flexibility index (Phi) is 0.658. The van der Waals surface area contributed by atoms with Crippen LogP contribution in [0.4, 0.5) is 0 Å². The van der Waals surface area contributed by atoms with Gasteiger partial charge in [-0.25, -0.2) is 0 Å². The van der Waals surface area contributed by atoms with E-state index >= 15 is 0 Å². The van der Waals surface area contributed by atoms with Crippen LogP contribution < -0.4 is 5.32 Å². The second kappa shape index (κ2) is 1.18. The lowest BCUT2D eigenvalue weighted by atomic mass is 9.65. The molecule has 1 N–H and O–H groups in total. The number of hydrogen-bond donors (Lipinski definition) is 1. The molecule has 1 saturated heterocycles. The van der Waals surface area contributed by atoms with E-state index in [1.165, 1.54) is 19.4 Å². The molecule has 3 rings (SSSR count). The van der Waals surface area contributed by atoms with E-state index in [1.807, 2.05) is 0 Å². The van der Waals surface area contributed by atoms with Crippen LogP contribution in [-0.2, 0) is 0 Å². The third-order valence-corrected chi connectivity index (χ3v) is 4.76. The van der Waals surface area contributed by atoms with Crippen molar-refractivity contribution < 1.29 is 0 Å². The van der Waals surface area contributed by atoms with Gasteiger partial charge in [-0.2, -0.15) is 0 Å². The quantitative estimate of drug-likeness (QED) is 0.532. The summed E-state index contributed by atoms with van der Waals surface area (Å²) in [7, 11) is 0. The minimum atomic E-state index is 0.727. The summed E-state index contributed by atoms with van der Waals surface area (Å²) < 4.78 is 0. The average Bonchev–Trinajstić information content (AvgIpc) is 2.37. The van der Waals surface area contributed by atoms with Crippen LogP contribution in [0.25, 0.3) is 0 Å². The fourth-order valence-electron chi connectivity index (χ4n) is 3.90. The second-order valence-corrected chi connectivity index (χ2v) is 4.68. The average molecular weight is 137 g/mol. The highest BCUT2D eigenvalue weighted by atomic mass is 15.1. The first kappa shape index (κ1) is 5.59. The third-order valence-electron chi connectivity index (χ3n) is 4.76. The zero-order valence-corrected chi connectivity index (χ0v) is 6.78. The van der Waals surface area contributed by atoms with Crippen LogP contribution in [0.15, 0.2) is 0 Å². The minimum Gasteiger partial charge on any atom is -0.313 e. The number of fused-ring (bicyclic) bond motifs is 1. The predicted octanol–water partition coefficient (Wildman–Crippen LogP) is 1.39. The first-order valence-corrected chi connectivity index (χ1v) is 4.45. The summed E-state index contributed by atoms with van der Waals surface area (Å²) >= 11 is 0. The lowest BCUT2D eigenvalue weighted by Gasteiger charge is -2.39. The summed E-state index contributed by atoms with van der Waals surface area (Å²) in [6, 6.07) is 0.912. The Morgan fingerprint density at radius 3 is 2.80 bits per heavy atom. The van der Waals surface area contributed by atoms with Gasteiger partial charge in [0, 0.05) is 6.04 Å². The van der Waals surface area contributed by atoms with Gasteiger partial charge < -0.3 is 5.32 Å². The normalized spacial score (nSPS) is 70.2. The highest BCUT2D eigenvalue weighted by Gasteiger charge is 2.83. The molecule has 0 aromatic carbocycles.